The molecule has 0 aliphatic carbocycles. The van der Waals surface area contributed by atoms with Gasteiger partial charge in [0.1, 0.15) is 0 Å². The smallest absolute Gasteiger partial charge is 0.380 e. The number of benzene rings is 1. The van der Waals surface area contributed by atoms with Crippen molar-refractivity contribution in [3.05, 3.63) is 59.4 Å². The van der Waals surface area contributed by atoms with Gasteiger partial charge in [0.2, 0.25) is 0 Å². The zero-order valence-corrected chi connectivity index (χ0v) is 10.3. The van der Waals surface area contributed by atoms with Gasteiger partial charge in [-0.1, -0.05) is 30.3 Å². The topological polar surface area (TPSA) is 36.2 Å². The van der Waals surface area contributed by atoms with Crippen LogP contribution in [0, 0.1) is 5.21 Å². The SMILES string of the molecule is COc1cc(SCc2ccccc2)cc[n+]1[O-]. The van der Waals surface area contributed by atoms with Crippen LogP contribution in [-0.2, 0) is 5.75 Å². The van der Waals surface area contributed by atoms with Crippen molar-refractivity contribution in [2.75, 3.05) is 7.11 Å². The van der Waals surface area contributed by atoms with Gasteiger partial charge in [0.15, 0.2) is 6.20 Å². The predicted octanol–water partition coefficient (Wildman–Crippen LogP) is 2.62. The molecule has 0 saturated carbocycles. The summed E-state index contributed by atoms with van der Waals surface area (Å²) in [5.41, 5.74) is 1.26. The lowest BCUT2D eigenvalue weighted by Gasteiger charge is -2.05. The lowest BCUT2D eigenvalue weighted by molar-refractivity contribution is -0.612. The van der Waals surface area contributed by atoms with Gasteiger partial charge in [0.25, 0.3) is 0 Å². The molecule has 3 nitrogen and oxygen atoms in total. The van der Waals surface area contributed by atoms with Crippen LogP contribution in [0.25, 0.3) is 0 Å². The highest BCUT2D eigenvalue weighted by Gasteiger charge is 2.06. The molecule has 88 valence electrons. The fourth-order valence-electron chi connectivity index (χ4n) is 1.43. The highest BCUT2D eigenvalue weighted by atomic mass is 32.2. The molecule has 0 aliphatic rings. The summed E-state index contributed by atoms with van der Waals surface area (Å²) >= 11 is 1.68. The summed E-state index contributed by atoms with van der Waals surface area (Å²) < 4.78 is 5.69. The van der Waals surface area contributed by atoms with E-state index in [-0.39, 0.29) is 0 Å². The first-order chi connectivity index (χ1) is 8.29. The van der Waals surface area contributed by atoms with E-state index in [1.165, 1.54) is 18.9 Å². The highest BCUT2D eigenvalue weighted by molar-refractivity contribution is 7.98. The summed E-state index contributed by atoms with van der Waals surface area (Å²) in [6.45, 7) is 0. The normalized spacial score (nSPS) is 10.2. The lowest BCUT2D eigenvalue weighted by Crippen LogP contribution is -2.27. The number of methoxy groups -OCH3 is 1. The summed E-state index contributed by atoms with van der Waals surface area (Å²) in [6, 6.07) is 13.8. The number of rotatable bonds is 4. The van der Waals surface area contributed by atoms with Crippen molar-refractivity contribution in [1.82, 2.24) is 0 Å². The molecule has 0 spiro atoms. The van der Waals surface area contributed by atoms with E-state index in [0.29, 0.717) is 10.6 Å². The van der Waals surface area contributed by atoms with Crippen molar-refractivity contribution >= 4 is 11.8 Å². The van der Waals surface area contributed by atoms with Crippen LogP contribution in [0.5, 0.6) is 5.88 Å². The molecule has 0 N–H and O–H groups in total. The maximum absolute atomic E-state index is 11.3. The van der Waals surface area contributed by atoms with Gasteiger partial charge < -0.3 is 9.94 Å². The number of nitrogens with zero attached hydrogens (tertiary/aromatic N) is 1. The molecule has 0 saturated heterocycles. The quantitative estimate of drug-likeness (QED) is 0.473. The van der Waals surface area contributed by atoms with Crippen molar-refractivity contribution in [3.63, 3.8) is 0 Å². The third-order valence-electron chi connectivity index (χ3n) is 2.31. The fraction of sp³-hybridized carbons (Fsp3) is 0.154. The van der Waals surface area contributed by atoms with E-state index >= 15 is 0 Å². The van der Waals surface area contributed by atoms with Gasteiger partial charge in [-0.05, 0) is 5.56 Å². The van der Waals surface area contributed by atoms with E-state index in [1.54, 1.807) is 23.9 Å². The molecule has 2 aromatic rings. The number of hydrogen-bond acceptors (Lipinski definition) is 3. The van der Waals surface area contributed by atoms with Gasteiger partial charge in [-0.3, -0.25) is 0 Å². The Morgan fingerprint density at radius 3 is 2.71 bits per heavy atom. The summed E-state index contributed by atoms with van der Waals surface area (Å²) in [6.07, 6.45) is 1.46. The molecule has 17 heavy (non-hydrogen) atoms. The Kier molecular flexibility index (Phi) is 3.88. The van der Waals surface area contributed by atoms with Crippen molar-refractivity contribution in [1.29, 1.82) is 0 Å². The fourth-order valence-corrected chi connectivity index (χ4v) is 2.29. The first-order valence-corrected chi connectivity index (χ1v) is 6.22. The van der Waals surface area contributed by atoms with Crippen LogP contribution in [0.3, 0.4) is 0 Å². The summed E-state index contributed by atoms with van der Waals surface area (Å²) in [7, 11) is 1.50. The molecular formula is C13H13NO2S. The number of pyridine rings is 1. The van der Waals surface area contributed by atoms with Gasteiger partial charge in [-0.15, -0.1) is 16.5 Å². The molecule has 0 fully saturated rings. The first kappa shape index (κ1) is 11.8. The number of ether oxygens (including phenoxy) is 1. The maximum atomic E-state index is 11.3. The third kappa shape index (κ3) is 3.14. The zero-order chi connectivity index (χ0) is 12.1. The van der Waals surface area contributed by atoms with Gasteiger partial charge in [0, 0.05) is 16.7 Å². The second-order valence-electron chi connectivity index (χ2n) is 3.50. The van der Waals surface area contributed by atoms with Crippen LogP contribution >= 0.6 is 11.8 Å². The van der Waals surface area contributed by atoms with Crippen LogP contribution in [0.15, 0.2) is 53.6 Å². The Balaban J connectivity index is 2.04. The molecule has 1 heterocycles. The lowest BCUT2D eigenvalue weighted by atomic mass is 10.2. The van der Waals surface area contributed by atoms with Crippen molar-refractivity contribution < 1.29 is 9.47 Å². The first-order valence-electron chi connectivity index (χ1n) is 5.23. The molecule has 2 rings (SSSR count). The van der Waals surface area contributed by atoms with Crippen LogP contribution in [0.4, 0.5) is 0 Å². The highest BCUT2D eigenvalue weighted by Crippen LogP contribution is 2.23. The maximum Gasteiger partial charge on any atom is 0.380 e. The van der Waals surface area contributed by atoms with Gasteiger partial charge >= 0.3 is 5.88 Å². The largest absolute Gasteiger partial charge is 0.616 e. The average Bonchev–Trinajstić information content (AvgIpc) is 2.39. The third-order valence-corrected chi connectivity index (χ3v) is 3.38. The second-order valence-corrected chi connectivity index (χ2v) is 4.55. The van der Waals surface area contributed by atoms with Crippen LogP contribution in [0.2, 0.25) is 0 Å². The Morgan fingerprint density at radius 1 is 1.24 bits per heavy atom. The minimum absolute atomic E-state index is 0.322. The summed E-state index contributed by atoms with van der Waals surface area (Å²) in [5, 5.41) is 11.3. The Hall–Kier alpha value is -1.68. The molecular weight excluding hydrogens is 234 g/mol. The number of hydrogen-bond donors (Lipinski definition) is 0. The van der Waals surface area contributed by atoms with Gasteiger partial charge in [0.05, 0.1) is 13.2 Å². The molecule has 4 heteroatoms. The van der Waals surface area contributed by atoms with E-state index in [2.05, 4.69) is 12.1 Å². The van der Waals surface area contributed by atoms with E-state index in [9.17, 15) is 5.21 Å². The van der Waals surface area contributed by atoms with E-state index in [0.717, 1.165) is 10.6 Å². The molecule has 0 amide bonds. The standard InChI is InChI=1S/C13H13NO2S/c1-16-13-9-12(7-8-14(13)15)17-10-11-5-3-2-4-6-11/h2-9H,10H2,1H3. The summed E-state index contributed by atoms with van der Waals surface area (Å²) in [4.78, 5) is 1.03. The van der Waals surface area contributed by atoms with Crippen molar-refractivity contribution in [2.45, 2.75) is 10.6 Å². The monoisotopic (exact) mass is 247 g/mol. The number of aromatic nitrogens is 1. The average molecular weight is 247 g/mol. The van der Waals surface area contributed by atoms with Crippen molar-refractivity contribution in [2.24, 2.45) is 0 Å². The van der Waals surface area contributed by atoms with E-state index < -0.39 is 0 Å². The van der Waals surface area contributed by atoms with Gasteiger partial charge in [-0.25, -0.2) is 0 Å². The molecule has 0 bridgehead atoms. The van der Waals surface area contributed by atoms with Crippen molar-refractivity contribution in [3.8, 4) is 5.88 Å². The minimum Gasteiger partial charge on any atom is -0.616 e. The minimum atomic E-state index is 0.322. The van der Waals surface area contributed by atoms with E-state index in [1.807, 2.05) is 18.2 Å². The molecule has 0 atom stereocenters. The Bertz CT molecular complexity index is 488. The van der Waals surface area contributed by atoms with Crippen LogP contribution < -0.4 is 9.47 Å². The van der Waals surface area contributed by atoms with Crippen LogP contribution in [0.1, 0.15) is 5.56 Å². The Labute approximate surface area is 105 Å². The van der Waals surface area contributed by atoms with Gasteiger partial charge in [-0.2, -0.15) is 0 Å². The zero-order valence-electron chi connectivity index (χ0n) is 9.50. The number of thioether (sulfide) groups is 1. The molecule has 1 aromatic carbocycles. The molecule has 0 unspecified atom stereocenters. The van der Waals surface area contributed by atoms with Crippen LogP contribution in [-0.4, -0.2) is 7.11 Å². The molecule has 1 aromatic heterocycles. The molecule has 0 aliphatic heterocycles. The summed E-state index contributed by atoms with van der Waals surface area (Å²) in [5.74, 6) is 1.20. The van der Waals surface area contributed by atoms with E-state index in [4.69, 9.17) is 4.74 Å². The predicted molar refractivity (Wildman–Crippen MR) is 68.0 cm³/mol. The second kappa shape index (κ2) is 5.59. The Morgan fingerprint density at radius 2 is 2.00 bits per heavy atom. The molecule has 0 radical (unpaired) electrons.